The van der Waals surface area contributed by atoms with Gasteiger partial charge in [-0.2, -0.15) is 5.26 Å². The Morgan fingerprint density at radius 2 is 2.00 bits per heavy atom. The molecule has 0 spiro atoms. The highest BCUT2D eigenvalue weighted by Gasteiger charge is 2.27. The van der Waals surface area contributed by atoms with Gasteiger partial charge in [0.1, 0.15) is 5.69 Å². The largest absolute Gasteiger partial charge is 0.459 e. The molecule has 8 nitrogen and oxygen atoms in total. The van der Waals surface area contributed by atoms with Crippen molar-refractivity contribution in [3.63, 3.8) is 0 Å². The first-order valence-electron chi connectivity index (χ1n) is 7.36. The lowest BCUT2D eigenvalue weighted by atomic mass is 10.1. The van der Waals surface area contributed by atoms with Gasteiger partial charge < -0.3 is 14.2 Å². The van der Waals surface area contributed by atoms with Crippen LogP contribution < -0.4 is 4.90 Å². The van der Waals surface area contributed by atoms with Gasteiger partial charge in [0.25, 0.3) is 11.6 Å². The third-order valence-corrected chi connectivity index (χ3v) is 3.94. The van der Waals surface area contributed by atoms with Crippen molar-refractivity contribution in [2.45, 2.75) is 0 Å². The molecule has 2 heterocycles. The van der Waals surface area contributed by atoms with E-state index in [0.29, 0.717) is 37.4 Å². The van der Waals surface area contributed by atoms with Crippen molar-refractivity contribution in [2.24, 2.45) is 0 Å². The fourth-order valence-electron chi connectivity index (χ4n) is 2.71. The molecule has 0 unspecified atom stereocenters. The SMILES string of the molecule is N#Cc1ccc([N+](=O)[O-])c(N2CCN(C(=O)c3ccco3)CC2)c1. The van der Waals surface area contributed by atoms with E-state index in [1.165, 1.54) is 24.5 Å². The van der Waals surface area contributed by atoms with E-state index in [9.17, 15) is 14.9 Å². The Bertz CT molecular complexity index is 802. The summed E-state index contributed by atoms with van der Waals surface area (Å²) < 4.78 is 5.11. The van der Waals surface area contributed by atoms with Crippen LogP contribution in [0, 0.1) is 21.4 Å². The number of nitrogens with zero attached hydrogens (tertiary/aromatic N) is 4. The van der Waals surface area contributed by atoms with Crippen LogP contribution in [0.4, 0.5) is 11.4 Å². The zero-order valence-electron chi connectivity index (χ0n) is 12.7. The molecule has 1 aliphatic heterocycles. The van der Waals surface area contributed by atoms with Crippen LogP contribution in [0.5, 0.6) is 0 Å². The maximum Gasteiger partial charge on any atom is 0.292 e. The molecule has 1 aliphatic rings. The molecular formula is C16H14N4O4. The summed E-state index contributed by atoms with van der Waals surface area (Å²) >= 11 is 0. The van der Waals surface area contributed by atoms with Crippen molar-refractivity contribution in [3.05, 3.63) is 58.0 Å². The van der Waals surface area contributed by atoms with Gasteiger partial charge in [-0.05, 0) is 24.3 Å². The van der Waals surface area contributed by atoms with Crippen molar-refractivity contribution in [3.8, 4) is 6.07 Å². The molecule has 0 atom stereocenters. The van der Waals surface area contributed by atoms with E-state index >= 15 is 0 Å². The molecule has 2 aromatic rings. The molecular weight excluding hydrogens is 312 g/mol. The van der Waals surface area contributed by atoms with Gasteiger partial charge in [-0.1, -0.05) is 0 Å². The quantitative estimate of drug-likeness (QED) is 0.631. The standard InChI is InChI=1S/C16H14N4O4/c17-11-12-3-4-13(20(22)23)14(10-12)18-5-7-19(8-6-18)16(21)15-2-1-9-24-15/h1-4,9-10H,5-8H2. The van der Waals surface area contributed by atoms with Crippen molar-refractivity contribution in [1.29, 1.82) is 5.26 Å². The maximum absolute atomic E-state index is 12.2. The second-order valence-corrected chi connectivity index (χ2v) is 5.33. The van der Waals surface area contributed by atoms with E-state index in [1.807, 2.05) is 11.0 Å². The van der Waals surface area contributed by atoms with Crippen LogP contribution >= 0.6 is 0 Å². The Balaban J connectivity index is 1.76. The monoisotopic (exact) mass is 326 g/mol. The molecule has 0 radical (unpaired) electrons. The Kier molecular flexibility index (Phi) is 4.16. The van der Waals surface area contributed by atoms with E-state index in [0.717, 1.165) is 0 Å². The van der Waals surface area contributed by atoms with Crippen LogP contribution in [0.3, 0.4) is 0 Å². The van der Waals surface area contributed by atoms with Crippen molar-refractivity contribution < 1.29 is 14.1 Å². The van der Waals surface area contributed by atoms with Crippen molar-refractivity contribution in [1.82, 2.24) is 4.90 Å². The molecule has 24 heavy (non-hydrogen) atoms. The second-order valence-electron chi connectivity index (χ2n) is 5.33. The molecule has 0 bridgehead atoms. The van der Waals surface area contributed by atoms with Gasteiger partial charge in [-0.25, -0.2) is 0 Å². The van der Waals surface area contributed by atoms with Gasteiger partial charge in [0.2, 0.25) is 0 Å². The van der Waals surface area contributed by atoms with E-state index in [2.05, 4.69) is 0 Å². The third kappa shape index (κ3) is 2.92. The minimum absolute atomic E-state index is 0.0418. The van der Waals surface area contributed by atoms with Gasteiger partial charge in [0.15, 0.2) is 5.76 Å². The normalized spacial score (nSPS) is 14.3. The summed E-state index contributed by atoms with van der Waals surface area (Å²) in [4.78, 5) is 26.5. The lowest BCUT2D eigenvalue weighted by Crippen LogP contribution is -2.48. The van der Waals surface area contributed by atoms with Crippen LogP contribution in [-0.2, 0) is 0 Å². The minimum Gasteiger partial charge on any atom is -0.459 e. The average Bonchev–Trinajstić information content (AvgIpc) is 3.15. The molecule has 1 aromatic carbocycles. The number of furan rings is 1. The summed E-state index contributed by atoms with van der Waals surface area (Å²) in [5.41, 5.74) is 0.730. The average molecular weight is 326 g/mol. The van der Waals surface area contributed by atoms with Gasteiger partial charge >= 0.3 is 0 Å². The number of hydrogen-bond donors (Lipinski definition) is 0. The number of carbonyl (C=O) groups is 1. The number of piperazine rings is 1. The van der Waals surface area contributed by atoms with Crippen molar-refractivity contribution >= 4 is 17.3 Å². The van der Waals surface area contributed by atoms with Gasteiger partial charge in [0.05, 0.1) is 22.8 Å². The van der Waals surface area contributed by atoms with E-state index in [-0.39, 0.29) is 17.4 Å². The number of amides is 1. The molecule has 1 fully saturated rings. The molecule has 122 valence electrons. The van der Waals surface area contributed by atoms with Crippen LogP contribution in [0.1, 0.15) is 16.1 Å². The molecule has 0 saturated carbocycles. The summed E-state index contributed by atoms with van der Waals surface area (Å²) in [7, 11) is 0. The number of nitriles is 1. The second kappa shape index (κ2) is 6.42. The highest BCUT2D eigenvalue weighted by Crippen LogP contribution is 2.30. The lowest BCUT2D eigenvalue weighted by Gasteiger charge is -2.35. The Hall–Kier alpha value is -3.34. The van der Waals surface area contributed by atoms with E-state index in [4.69, 9.17) is 9.68 Å². The Labute approximate surface area is 137 Å². The van der Waals surface area contributed by atoms with Crippen LogP contribution in [0.25, 0.3) is 0 Å². The summed E-state index contributed by atoms with van der Waals surface area (Å²) in [6.45, 7) is 1.74. The summed E-state index contributed by atoms with van der Waals surface area (Å²) in [6.07, 6.45) is 1.44. The molecule has 0 N–H and O–H groups in total. The molecule has 1 amide bonds. The van der Waals surface area contributed by atoms with Crippen molar-refractivity contribution in [2.75, 3.05) is 31.1 Å². The number of nitro benzene ring substituents is 1. The fourth-order valence-corrected chi connectivity index (χ4v) is 2.71. The summed E-state index contributed by atoms with van der Waals surface area (Å²) in [5.74, 6) is 0.0841. The lowest BCUT2D eigenvalue weighted by molar-refractivity contribution is -0.384. The Morgan fingerprint density at radius 1 is 1.25 bits per heavy atom. The topological polar surface area (TPSA) is 104 Å². The van der Waals surface area contributed by atoms with Gasteiger partial charge in [-0.15, -0.1) is 0 Å². The molecule has 1 saturated heterocycles. The predicted molar refractivity (Wildman–Crippen MR) is 84.6 cm³/mol. The number of anilines is 1. The van der Waals surface area contributed by atoms with Crippen LogP contribution in [0.2, 0.25) is 0 Å². The minimum atomic E-state index is -0.461. The Morgan fingerprint density at radius 3 is 2.58 bits per heavy atom. The molecule has 1 aromatic heterocycles. The fraction of sp³-hybridized carbons (Fsp3) is 0.250. The molecule has 0 aliphatic carbocycles. The van der Waals surface area contributed by atoms with Crippen LogP contribution in [0.15, 0.2) is 41.0 Å². The smallest absolute Gasteiger partial charge is 0.292 e. The number of rotatable bonds is 3. The van der Waals surface area contributed by atoms with Gasteiger partial charge in [-0.3, -0.25) is 14.9 Å². The van der Waals surface area contributed by atoms with Crippen LogP contribution in [-0.4, -0.2) is 41.9 Å². The summed E-state index contributed by atoms with van der Waals surface area (Å²) in [5, 5.41) is 20.2. The summed E-state index contributed by atoms with van der Waals surface area (Å²) in [6, 6.07) is 9.54. The highest BCUT2D eigenvalue weighted by molar-refractivity contribution is 5.91. The van der Waals surface area contributed by atoms with Gasteiger partial charge in [0, 0.05) is 32.2 Å². The number of carbonyl (C=O) groups excluding carboxylic acids is 1. The van der Waals surface area contributed by atoms with E-state index < -0.39 is 4.92 Å². The predicted octanol–water partition coefficient (Wildman–Crippen LogP) is 2.02. The molecule has 3 rings (SSSR count). The number of benzene rings is 1. The van der Waals surface area contributed by atoms with E-state index in [1.54, 1.807) is 17.0 Å². The maximum atomic E-state index is 12.2. The number of hydrogen-bond acceptors (Lipinski definition) is 6. The first-order chi connectivity index (χ1) is 11.6. The third-order valence-electron chi connectivity index (χ3n) is 3.94. The highest BCUT2D eigenvalue weighted by atomic mass is 16.6. The first-order valence-corrected chi connectivity index (χ1v) is 7.36. The molecule has 8 heteroatoms. The zero-order chi connectivity index (χ0) is 17.1. The first kappa shape index (κ1) is 15.6. The zero-order valence-corrected chi connectivity index (χ0v) is 12.7. The number of nitro groups is 1.